The first-order chi connectivity index (χ1) is 7.77. The molecule has 0 saturated heterocycles. The van der Waals surface area contributed by atoms with E-state index in [1.807, 2.05) is 36.4 Å². The van der Waals surface area contributed by atoms with Gasteiger partial charge in [0.05, 0.1) is 14.6 Å². The van der Waals surface area contributed by atoms with Crippen LogP contribution in [0.4, 0.5) is 0 Å². The number of hydrogen-bond acceptors (Lipinski definition) is 2. The van der Waals surface area contributed by atoms with Crippen LogP contribution < -0.4 is 4.74 Å². The van der Waals surface area contributed by atoms with E-state index in [1.54, 1.807) is 6.20 Å². The zero-order valence-electron chi connectivity index (χ0n) is 8.36. The molecular weight excluding hydrogens is 334 g/mol. The van der Waals surface area contributed by atoms with Crippen molar-refractivity contribution in [3.63, 3.8) is 0 Å². The van der Waals surface area contributed by atoms with E-state index in [1.165, 1.54) is 0 Å². The fourth-order valence-electron chi connectivity index (χ4n) is 1.25. The zero-order valence-corrected chi connectivity index (χ0v) is 11.5. The molecule has 2 nitrogen and oxygen atoms in total. The third kappa shape index (κ3) is 2.83. The largest absolute Gasteiger partial charge is 0.485 e. The van der Waals surface area contributed by atoms with Gasteiger partial charge in [0, 0.05) is 6.20 Å². The van der Waals surface area contributed by atoms with Crippen molar-refractivity contribution in [3.05, 3.63) is 57.2 Å². The second-order valence-electron chi connectivity index (χ2n) is 3.16. The quantitative estimate of drug-likeness (QED) is 0.834. The average molecular weight is 343 g/mol. The molecule has 0 aliphatic carbocycles. The van der Waals surface area contributed by atoms with Crippen molar-refractivity contribution in [2.24, 2.45) is 0 Å². The van der Waals surface area contributed by atoms with E-state index in [2.05, 4.69) is 36.8 Å². The van der Waals surface area contributed by atoms with Crippen LogP contribution >= 0.6 is 31.9 Å². The smallest absolute Gasteiger partial charge is 0.148 e. The maximum atomic E-state index is 5.70. The summed E-state index contributed by atoms with van der Waals surface area (Å²) in [5.41, 5.74) is 0.908. The molecule has 16 heavy (non-hydrogen) atoms. The van der Waals surface area contributed by atoms with E-state index < -0.39 is 0 Å². The van der Waals surface area contributed by atoms with Crippen molar-refractivity contribution in [2.45, 2.75) is 6.61 Å². The van der Waals surface area contributed by atoms with Gasteiger partial charge in [0.2, 0.25) is 0 Å². The Morgan fingerprint density at radius 3 is 2.38 bits per heavy atom. The summed E-state index contributed by atoms with van der Waals surface area (Å²) < 4.78 is 7.55. The predicted molar refractivity (Wildman–Crippen MR) is 70.4 cm³/mol. The van der Waals surface area contributed by atoms with E-state index >= 15 is 0 Å². The first kappa shape index (κ1) is 11.6. The molecule has 0 spiro atoms. The van der Waals surface area contributed by atoms with Crippen LogP contribution in [0.15, 0.2) is 51.5 Å². The van der Waals surface area contributed by atoms with Crippen LogP contribution in [-0.4, -0.2) is 4.98 Å². The van der Waals surface area contributed by atoms with Gasteiger partial charge in [-0.2, -0.15) is 0 Å². The summed E-state index contributed by atoms with van der Waals surface area (Å²) in [7, 11) is 0. The second kappa shape index (κ2) is 5.46. The van der Waals surface area contributed by atoms with Gasteiger partial charge in [0.1, 0.15) is 12.4 Å². The summed E-state index contributed by atoms with van der Waals surface area (Å²) in [6.45, 7) is 0.460. The minimum Gasteiger partial charge on any atom is -0.485 e. The van der Waals surface area contributed by atoms with E-state index in [-0.39, 0.29) is 0 Å². The highest BCUT2D eigenvalue weighted by molar-refractivity contribution is 9.11. The molecule has 0 N–H and O–H groups in total. The molecule has 0 fully saturated rings. The van der Waals surface area contributed by atoms with Gasteiger partial charge in [0.25, 0.3) is 0 Å². The maximum absolute atomic E-state index is 5.70. The van der Waals surface area contributed by atoms with Gasteiger partial charge in [0.15, 0.2) is 0 Å². The molecule has 82 valence electrons. The molecule has 4 heteroatoms. The lowest BCUT2D eigenvalue weighted by atomic mass is 10.3. The van der Waals surface area contributed by atoms with Gasteiger partial charge in [-0.15, -0.1) is 0 Å². The minimum atomic E-state index is 0.460. The van der Waals surface area contributed by atoms with Crippen molar-refractivity contribution in [3.8, 4) is 5.75 Å². The molecule has 0 aliphatic rings. The van der Waals surface area contributed by atoms with Crippen LogP contribution in [-0.2, 0) is 6.61 Å². The van der Waals surface area contributed by atoms with Crippen LogP contribution in [0.3, 0.4) is 0 Å². The Morgan fingerprint density at radius 1 is 1.00 bits per heavy atom. The molecule has 1 aromatic heterocycles. The lowest BCUT2D eigenvalue weighted by Crippen LogP contribution is -1.98. The molecule has 0 atom stereocenters. The van der Waals surface area contributed by atoms with Crippen LogP contribution in [0.2, 0.25) is 0 Å². The van der Waals surface area contributed by atoms with Crippen LogP contribution in [0.5, 0.6) is 5.75 Å². The van der Waals surface area contributed by atoms with Crippen LogP contribution in [0.25, 0.3) is 0 Å². The zero-order chi connectivity index (χ0) is 11.4. The molecule has 0 saturated carbocycles. The number of ether oxygens (including phenoxy) is 1. The first-order valence-electron chi connectivity index (χ1n) is 4.74. The topological polar surface area (TPSA) is 22.1 Å². The van der Waals surface area contributed by atoms with Crippen molar-refractivity contribution in [2.75, 3.05) is 0 Å². The molecule has 1 heterocycles. The summed E-state index contributed by atoms with van der Waals surface area (Å²) in [4.78, 5) is 4.20. The van der Waals surface area contributed by atoms with Crippen molar-refractivity contribution in [1.82, 2.24) is 4.98 Å². The Balaban J connectivity index is 2.11. The third-order valence-corrected chi connectivity index (χ3v) is 3.26. The lowest BCUT2D eigenvalue weighted by molar-refractivity contribution is 0.297. The summed E-state index contributed by atoms with van der Waals surface area (Å²) >= 11 is 6.89. The fourth-order valence-corrected chi connectivity index (χ4v) is 2.48. The van der Waals surface area contributed by atoms with Gasteiger partial charge in [-0.1, -0.05) is 12.1 Å². The fraction of sp³-hybridized carbons (Fsp3) is 0.0833. The Labute approximate surface area is 111 Å². The normalized spacial score (nSPS) is 10.1. The summed E-state index contributed by atoms with van der Waals surface area (Å²) in [6, 6.07) is 11.6. The van der Waals surface area contributed by atoms with Gasteiger partial charge in [-0.05, 0) is 56.1 Å². The number of halogens is 2. The molecule has 0 bridgehead atoms. The summed E-state index contributed by atoms with van der Waals surface area (Å²) in [6.07, 6.45) is 1.76. The Bertz CT molecular complexity index is 453. The first-order valence-corrected chi connectivity index (χ1v) is 6.32. The van der Waals surface area contributed by atoms with Crippen molar-refractivity contribution < 1.29 is 4.74 Å². The molecule has 0 unspecified atom stereocenters. The van der Waals surface area contributed by atoms with Gasteiger partial charge >= 0.3 is 0 Å². The number of aromatic nitrogens is 1. The average Bonchev–Trinajstić information content (AvgIpc) is 2.30. The van der Waals surface area contributed by atoms with Crippen LogP contribution in [0, 0.1) is 0 Å². The SMILES string of the molecule is Brc1cccc(Br)c1OCc1ccccn1. The highest BCUT2D eigenvalue weighted by Gasteiger charge is 2.05. The molecule has 1 aromatic carbocycles. The number of nitrogens with zero attached hydrogens (tertiary/aromatic N) is 1. The molecule has 0 radical (unpaired) electrons. The molecule has 0 amide bonds. The Kier molecular flexibility index (Phi) is 3.96. The van der Waals surface area contributed by atoms with E-state index in [0.717, 1.165) is 20.4 Å². The number of rotatable bonds is 3. The number of pyridine rings is 1. The highest BCUT2D eigenvalue weighted by atomic mass is 79.9. The van der Waals surface area contributed by atoms with E-state index in [0.29, 0.717) is 6.61 Å². The highest BCUT2D eigenvalue weighted by Crippen LogP contribution is 2.33. The van der Waals surface area contributed by atoms with E-state index in [9.17, 15) is 0 Å². The third-order valence-electron chi connectivity index (χ3n) is 2.01. The lowest BCUT2D eigenvalue weighted by Gasteiger charge is -2.09. The van der Waals surface area contributed by atoms with Gasteiger partial charge in [-0.3, -0.25) is 4.98 Å². The molecule has 0 aliphatic heterocycles. The predicted octanol–water partition coefficient (Wildman–Crippen LogP) is 4.19. The summed E-state index contributed by atoms with van der Waals surface area (Å²) in [5, 5.41) is 0. The second-order valence-corrected chi connectivity index (χ2v) is 4.87. The number of benzene rings is 1. The monoisotopic (exact) mass is 341 g/mol. The number of para-hydroxylation sites is 1. The van der Waals surface area contributed by atoms with Crippen molar-refractivity contribution in [1.29, 1.82) is 0 Å². The van der Waals surface area contributed by atoms with Crippen molar-refractivity contribution >= 4 is 31.9 Å². The minimum absolute atomic E-state index is 0.460. The Hall–Kier alpha value is -0.870. The van der Waals surface area contributed by atoms with Gasteiger partial charge in [-0.25, -0.2) is 0 Å². The molecule has 2 rings (SSSR count). The van der Waals surface area contributed by atoms with Gasteiger partial charge < -0.3 is 4.74 Å². The summed E-state index contributed by atoms with van der Waals surface area (Å²) in [5.74, 6) is 0.799. The Morgan fingerprint density at radius 2 is 1.75 bits per heavy atom. The van der Waals surface area contributed by atoms with Crippen LogP contribution in [0.1, 0.15) is 5.69 Å². The molecule has 2 aromatic rings. The van der Waals surface area contributed by atoms with E-state index in [4.69, 9.17) is 4.74 Å². The number of hydrogen-bond donors (Lipinski definition) is 0. The molecular formula is C12H9Br2NO. The standard InChI is InChI=1S/C12H9Br2NO/c13-10-5-3-6-11(14)12(10)16-8-9-4-1-2-7-15-9/h1-7H,8H2. The maximum Gasteiger partial charge on any atom is 0.148 e.